The summed E-state index contributed by atoms with van der Waals surface area (Å²) in [6.07, 6.45) is 5.56. The molecular weight excluding hydrogens is 338 g/mol. The molecule has 0 saturated carbocycles. The number of para-hydroxylation sites is 1. The number of aromatic amines is 1. The maximum absolute atomic E-state index is 12.3. The fourth-order valence-corrected chi connectivity index (χ4v) is 3.95. The van der Waals surface area contributed by atoms with Crippen molar-refractivity contribution in [2.75, 3.05) is 32.8 Å². The summed E-state index contributed by atoms with van der Waals surface area (Å²) < 4.78 is 5.47. The van der Waals surface area contributed by atoms with Gasteiger partial charge in [-0.2, -0.15) is 0 Å². The summed E-state index contributed by atoms with van der Waals surface area (Å²) >= 11 is 0. The second-order valence-electron chi connectivity index (χ2n) is 7.95. The zero-order valence-electron chi connectivity index (χ0n) is 16.7. The van der Waals surface area contributed by atoms with Crippen molar-refractivity contribution in [2.24, 2.45) is 5.92 Å². The number of rotatable bonds is 9. The Morgan fingerprint density at radius 2 is 2.04 bits per heavy atom. The summed E-state index contributed by atoms with van der Waals surface area (Å²) in [6, 6.07) is 8.74. The Hall–Kier alpha value is -1.85. The maximum Gasteiger partial charge on any atom is 0.220 e. The predicted molar refractivity (Wildman–Crippen MR) is 110 cm³/mol. The maximum atomic E-state index is 12.3. The molecule has 0 aliphatic carbocycles. The topological polar surface area (TPSA) is 57.4 Å². The lowest BCUT2D eigenvalue weighted by atomic mass is 10.0. The number of nitrogens with zero attached hydrogens (tertiary/aromatic N) is 1. The van der Waals surface area contributed by atoms with E-state index in [1.165, 1.54) is 16.5 Å². The zero-order valence-corrected chi connectivity index (χ0v) is 16.7. The van der Waals surface area contributed by atoms with Crippen molar-refractivity contribution < 1.29 is 9.53 Å². The fraction of sp³-hybridized carbons (Fsp3) is 0.591. The largest absolute Gasteiger partial charge is 0.379 e. The highest BCUT2D eigenvalue weighted by atomic mass is 16.5. The van der Waals surface area contributed by atoms with Gasteiger partial charge >= 0.3 is 0 Å². The first-order valence-corrected chi connectivity index (χ1v) is 10.3. The molecule has 1 saturated heterocycles. The van der Waals surface area contributed by atoms with Crippen LogP contribution in [0.2, 0.25) is 0 Å². The number of morpholine rings is 1. The summed E-state index contributed by atoms with van der Waals surface area (Å²) in [5, 5.41) is 4.44. The number of hydrogen-bond acceptors (Lipinski definition) is 3. The van der Waals surface area contributed by atoms with Crippen LogP contribution in [-0.2, 0) is 16.0 Å². The van der Waals surface area contributed by atoms with Gasteiger partial charge in [0.15, 0.2) is 0 Å². The van der Waals surface area contributed by atoms with Crippen LogP contribution in [0.25, 0.3) is 10.9 Å². The Kier molecular flexibility index (Phi) is 7.30. The first-order chi connectivity index (χ1) is 13.1. The van der Waals surface area contributed by atoms with Crippen LogP contribution in [0.5, 0.6) is 0 Å². The molecule has 2 heterocycles. The van der Waals surface area contributed by atoms with Gasteiger partial charge in [0.05, 0.1) is 13.2 Å². The summed E-state index contributed by atoms with van der Waals surface area (Å²) in [4.78, 5) is 18.1. The predicted octanol–water partition coefficient (Wildman–Crippen LogP) is 3.35. The highest BCUT2D eigenvalue weighted by Gasteiger charge is 2.22. The number of H-pyrrole nitrogens is 1. The summed E-state index contributed by atoms with van der Waals surface area (Å²) in [7, 11) is 0. The molecule has 148 valence electrons. The lowest BCUT2D eigenvalue weighted by Gasteiger charge is -2.35. The summed E-state index contributed by atoms with van der Waals surface area (Å²) in [6.45, 7) is 8.76. The van der Waals surface area contributed by atoms with E-state index >= 15 is 0 Å². The molecule has 1 aromatic heterocycles. The molecule has 27 heavy (non-hydrogen) atoms. The molecule has 2 N–H and O–H groups in total. The quantitative estimate of drug-likeness (QED) is 0.711. The molecule has 1 amide bonds. The molecular formula is C22H33N3O2. The number of ether oxygens (including phenoxy) is 1. The molecule has 1 aliphatic heterocycles. The third-order valence-corrected chi connectivity index (χ3v) is 5.37. The van der Waals surface area contributed by atoms with E-state index < -0.39 is 0 Å². The number of amides is 1. The van der Waals surface area contributed by atoms with Crippen molar-refractivity contribution in [3.05, 3.63) is 36.0 Å². The molecule has 1 fully saturated rings. The first-order valence-electron chi connectivity index (χ1n) is 10.3. The molecule has 5 heteroatoms. The van der Waals surface area contributed by atoms with Crippen molar-refractivity contribution >= 4 is 16.8 Å². The van der Waals surface area contributed by atoms with Crippen molar-refractivity contribution in [3.63, 3.8) is 0 Å². The van der Waals surface area contributed by atoms with Gasteiger partial charge in [0.2, 0.25) is 5.91 Å². The van der Waals surface area contributed by atoms with E-state index in [0.717, 1.165) is 52.1 Å². The lowest BCUT2D eigenvalue weighted by molar-refractivity contribution is -0.121. The third kappa shape index (κ3) is 5.81. The van der Waals surface area contributed by atoms with Crippen LogP contribution in [0.4, 0.5) is 0 Å². The number of carbonyl (C=O) groups excluding carboxylic acids is 1. The van der Waals surface area contributed by atoms with Crippen molar-refractivity contribution in [2.45, 2.75) is 45.6 Å². The minimum absolute atomic E-state index is 0.164. The summed E-state index contributed by atoms with van der Waals surface area (Å²) in [5.41, 5.74) is 2.46. The van der Waals surface area contributed by atoms with Crippen LogP contribution in [0.3, 0.4) is 0 Å². The number of hydrogen-bond donors (Lipinski definition) is 2. The Labute approximate surface area is 162 Å². The number of aromatic nitrogens is 1. The number of carbonyl (C=O) groups is 1. The monoisotopic (exact) mass is 371 g/mol. The highest BCUT2D eigenvalue weighted by Crippen LogP contribution is 2.19. The molecule has 0 bridgehead atoms. The van der Waals surface area contributed by atoms with Crippen molar-refractivity contribution in [1.82, 2.24) is 15.2 Å². The van der Waals surface area contributed by atoms with Crippen LogP contribution >= 0.6 is 0 Å². The Morgan fingerprint density at radius 3 is 2.81 bits per heavy atom. The highest BCUT2D eigenvalue weighted by molar-refractivity contribution is 5.83. The molecule has 1 aliphatic rings. The molecule has 0 spiro atoms. The number of aryl methyl sites for hydroxylation is 1. The Balaban J connectivity index is 1.43. The van der Waals surface area contributed by atoms with Gasteiger partial charge in [-0.15, -0.1) is 0 Å². The van der Waals surface area contributed by atoms with Crippen LogP contribution in [-0.4, -0.2) is 54.7 Å². The molecule has 2 aromatic rings. The van der Waals surface area contributed by atoms with Gasteiger partial charge < -0.3 is 15.0 Å². The molecule has 0 radical (unpaired) electrons. The Bertz CT molecular complexity index is 719. The second kappa shape index (κ2) is 9.90. The van der Waals surface area contributed by atoms with E-state index in [1.807, 2.05) is 6.07 Å². The average Bonchev–Trinajstić information content (AvgIpc) is 3.09. The third-order valence-electron chi connectivity index (χ3n) is 5.37. The van der Waals surface area contributed by atoms with Crippen LogP contribution < -0.4 is 5.32 Å². The van der Waals surface area contributed by atoms with Gasteiger partial charge in [-0.25, -0.2) is 0 Å². The van der Waals surface area contributed by atoms with Crippen molar-refractivity contribution in [3.8, 4) is 0 Å². The zero-order chi connectivity index (χ0) is 19.1. The molecule has 1 unspecified atom stereocenters. The van der Waals surface area contributed by atoms with Crippen LogP contribution in [0.15, 0.2) is 30.5 Å². The number of fused-ring (bicyclic) bond motifs is 1. The average molecular weight is 372 g/mol. The fourth-order valence-electron chi connectivity index (χ4n) is 3.95. The van der Waals surface area contributed by atoms with Gasteiger partial charge in [0, 0.05) is 49.2 Å². The van der Waals surface area contributed by atoms with Crippen molar-refractivity contribution in [1.29, 1.82) is 0 Å². The minimum Gasteiger partial charge on any atom is -0.379 e. The van der Waals surface area contributed by atoms with Gasteiger partial charge in [-0.1, -0.05) is 32.0 Å². The SMILES string of the molecule is CC(C)CC(CNC(=O)CCCc1c[nH]c2ccccc12)N1CCOCC1. The lowest BCUT2D eigenvalue weighted by Crippen LogP contribution is -2.49. The van der Waals surface area contributed by atoms with E-state index in [9.17, 15) is 4.79 Å². The number of benzene rings is 1. The smallest absolute Gasteiger partial charge is 0.220 e. The molecule has 5 nitrogen and oxygen atoms in total. The van der Waals surface area contributed by atoms with Crippen LogP contribution in [0.1, 0.15) is 38.7 Å². The standard InChI is InChI=1S/C22H33N3O2/c1-17(2)14-19(25-10-12-27-13-11-25)16-24-22(26)9-5-6-18-15-23-21-8-4-3-7-20(18)21/h3-4,7-8,15,17,19,23H,5-6,9-14,16H2,1-2H3,(H,24,26). The van der Waals surface area contributed by atoms with Gasteiger partial charge in [-0.3, -0.25) is 9.69 Å². The second-order valence-corrected chi connectivity index (χ2v) is 7.95. The molecule has 1 atom stereocenters. The van der Waals surface area contributed by atoms with E-state index in [-0.39, 0.29) is 5.91 Å². The minimum atomic E-state index is 0.164. The molecule has 1 aromatic carbocycles. The molecule has 3 rings (SSSR count). The Morgan fingerprint density at radius 1 is 1.26 bits per heavy atom. The summed E-state index contributed by atoms with van der Waals surface area (Å²) in [5.74, 6) is 0.786. The van der Waals surface area contributed by atoms with Gasteiger partial charge in [0.1, 0.15) is 0 Å². The van der Waals surface area contributed by atoms with E-state index in [0.29, 0.717) is 18.4 Å². The normalized spacial score (nSPS) is 16.7. The van der Waals surface area contributed by atoms with E-state index in [4.69, 9.17) is 4.74 Å². The first kappa shape index (κ1) is 19.9. The van der Waals surface area contributed by atoms with E-state index in [2.05, 4.69) is 53.4 Å². The van der Waals surface area contributed by atoms with Crippen LogP contribution in [0, 0.1) is 5.92 Å². The number of nitrogens with one attached hydrogen (secondary N) is 2. The van der Waals surface area contributed by atoms with E-state index in [1.54, 1.807) is 0 Å². The van der Waals surface area contributed by atoms with Gasteiger partial charge in [0.25, 0.3) is 0 Å². The van der Waals surface area contributed by atoms with Gasteiger partial charge in [-0.05, 0) is 36.8 Å².